The first-order valence-electron chi connectivity index (χ1n) is 24.7. The van der Waals surface area contributed by atoms with Gasteiger partial charge in [0, 0.05) is 38.4 Å². The van der Waals surface area contributed by atoms with E-state index in [1.807, 2.05) is 109 Å². The zero-order valence-electron chi connectivity index (χ0n) is 43.2. The first-order valence-corrected chi connectivity index (χ1v) is 17.7. The highest BCUT2D eigenvalue weighted by molar-refractivity contribution is 6.23. The Morgan fingerprint density at radius 3 is 1.52 bits per heavy atom. The highest BCUT2D eigenvalue weighted by Gasteiger charge is 2.23. The van der Waals surface area contributed by atoms with E-state index < -0.39 is 118 Å². The molecule has 3 heterocycles. The maximum Gasteiger partial charge on any atom is 0.238 e. The lowest BCUT2D eigenvalue weighted by molar-refractivity contribution is 0.953. The van der Waals surface area contributed by atoms with Gasteiger partial charge in [-0.15, -0.1) is 0 Å². The number of rotatable bonds is 6. The number of hydrogen-bond donors (Lipinski definition) is 0. The number of para-hydroxylation sites is 2. The SMILES string of the molecule is [2H]c1c([2H])c([2H])c(-c2nc(-c3c([2H])c([2H])c(-c4c([2H])c([2H])c([2H])c([2H])c4[2H])c([2H])c3[2H])nc(-n3c4ccccc4c4ccc5c6ccccc6n(-c6cccc(-c7ccccc7)c6)c5c43)n2)c([2H])c1[2H]. The van der Waals surface area contributed by atoms with Gasteiger partial charge in [0.1, 0.15) is 0 Å². The Bertz CT molecular complexity index is 3990. The minimum Gasteiger partial charge on any atom is -0.307 e. The van der Waals surface area contributed by atoms with E-state index in [2.05, 4.69) is 15.6 Å². The molecule has 0 aliphatic rings. The van der Waals surface area contributed by atoms with E-state index in [0.29, 0.717) is 11.0 Å². The van der Waals surface area contributed by atoms with Crippen LogP contribution in [0.4, 0.5) is 0 Å². The number of benzene rings is 8. The van der Waals surface area contributed by atoms with E-state index >= 15 is 0 Å². The number of fused-ring (bicyclic) bond motifs is 7. The van der Waals surface area contributed by atoms with Crippen LogP contribution in [0.3, 0.4) is 0 Å². The summed E-state index contributed by atoms with van der Waals surface area (Å²) in [5.74, 6) is -1.06. The fourth-order valence-electron chi connectivity index (χ4n) is 7.41. The van der Waals surface area contributed by atoms with Gasteiger partial charge in [-0.3, -0.25) is 4.57 Å². The van der Waals surface area contributed by atoms with Gasteiger partial charge in [0.25, 0.3) is 0 Å². The standard InChI is InChI=1S/C51H33N5/c1-4-15-34(16-5-1)36-27-29-38(30-28-36)50-52-49(37-19-8-3-9-20-37)53-51(54-50)56-46-26-13-11-24-42(46)44-32-31-43-41-23-10-12-25-45(41)55(47(43)48(44)56)40-22-14-21-39(33-40)35-17-6-2-7-18-35/h1-33H/i1D,3D,4D,5D,8D,9D,15D,16D,19D,20D,27D,28D,29D,30D. The van der Waals surface area contributed by atoms with Crippen LogP contribution < -0.4 is 0 Å². The second-order valence-electron chi connectivity index (χ2n) is 13.0. The lowest BCUT2D eigenvalue weighted by atomic mass is 10.0. The van der Waals surface area contributed by atoms with E-state index in [9.17, 15) is 5.48 Å². The molecule has 0 fully saturated rings. The summed E-state index contributed by atoms with van der Waals surface area (Å²) in [6, 6.07) is 27.7. The van der Waals surface area contributed by atoms with Gasteiger partial charge in [0.05, 0.1) is 41.3 Å². The van der Waals surface area contributed by atoms with Gasteiger partial charge < -0.3 is 4.57 Å². The molecule has 11 rings (SSSR count). The van der Waals surface area contributed by atoms with Crippen LogP contribution in [0.2, 0.25) is 0 Å². The zero-order chi connectivity index (χ0) is 49.2. The molecule has 56 heavy (non-hydrogen) atoms. The summed E-state index contributed by atoms with van der Waals surface area (Å²) in [7, 11) is 0. The summed E-state index contributed by atoms with van der Waals surface area (Å²) in [4.78, 5) is 14.4. The van der Waals surface area contributed by atoms with Crippen LogP contribution in [0, 0.1) is 0 Å². The molecule has 5 heteroatoms. The van der Waals surface area contributed by atoms with Crippen molar-refractivity contribution in [3.8, 4) is 56.7 Å². The van der Waals surface area contributed by atoms with Crippen molar-refractivity contribution in [3.05, 3.63) is 200 Å². The third-order valence-electron chi connectivity index (χ3n) is 9.83. The van der Waals surface area contributed by atoms with E-state index in [1.165, 1.54) is 0 Å². The van der Waals surface area contributed by atoms with Gasteiger partial charge in [-0.1, -0.05) is 176 Å². The Morgan fingerprint density at radius 2 is 0.857 bits per heavy atom. The van der Waals surface area contributed by atoms with E-state index in [0.717, 1.165) is 49.4 Å². The molecule has 0 unspecified atom stereocenters. The number of aromatic nitrogens is 5. The van der Waals surface area contributed by atoms with Crippen molar-refractivity contribution >= 4 is 43.6 Å². The van der Waals surface area contributed by atoms with Crippen molar-refractivity contribution in [3.63, 3.8) is 0 Å². The average molecular weight is 730 g/mol. The molecule has 0 saturated heterocycles. The van der Waals surface area contributed by atoms with Gasteiger partial charge in [-0.25, -0.2) is 4.98 Å². The molecule has 0 aliphatic carbocycles. The van der Waals surface area contributed by atoms with Crippen LogP contribution in [-0.4, -0.2) is 24.1 Å². The minimum atomic E-state index is -0.762. The van der Waals surface area contributed by atoms with Crippen LogP contribution >= 0.6 is 0 Å². The van der Waals surface area contributed by atoms with Gasteiger partial charge >= 0.3 is 0 Å². The van der Waals surface area contributed by atoms with Crippen molar-refractivity contribution in [2.24, 2.45) is 0 Å². The van der Waals surface area contributed by atoms with E-state index in [1.54, 1.807) is 4.57 Å². The van der Waals surface area contributed by atoms with Crippen molar-refractivity contribution in [1.29, 1.82) is 0 Å². The molecule has 0 spiro atoms. The van der Waals surface area contributed by atoms with Crippen molar-refractivity contribution in [1.82, 2.24) is 24.1 Å². The second-order valence-corrected chi connectivity index (χ2v) is 13.0. The predicted molar refractivity (Wildman–Crippen MR) is 230 cm³/mol. The normalized spacial score (nSPS) is 15.1. The minimum absolute atomic E-state index is 0.160. The number of hydrogen-bond acceptors (Lipinski definition) is 3. The van der Waals surface area contributed by atoms with Crippen LogP contribution in [0.25, 0.3) is 100 Å². The fourth-order valence-corrected chi connectivity index (χ4v) is 7.41. The fraction of sp³-hybridized carbons (Fsp3) is 0. The third kappa shape index (κ3) is 5.21. The molecular formula is C51H33N5. The predicted octanol–water partition coefficient (Wildman–Crippen LogP) is 12.7. The summed E-state index contributed by atoms with van der Waals surface area (Å²) in [5.41, 5.74) is 3.62. The van der Waals surface area contributed by atoms with Crippen LogP contribution in [0.1, 0.15) is 19.2 Å². The van der Waals surface area contributed by atoms with Crippen molar-refractivity contribution < 1.29 is 19.2 Å². The molecule has 0 N–H and O–H groups in total. The Kier molecular flexibility index (Phi) is 4.83. The zero-order valence-corrected chi connectivity index (χ0v) is 29.2. The molecule has 5 nitrogen and oxygen atoms in total. The largest absolute Gasteiger partial charge is 0.307 e. The Hall–Kier alpha value is -7.63. The highest BCUT2D eigenvalue weighted by Crippen LogP contribution is 2.42. The van der Waals surface area contributed by atoms with E-state index in [-0.39, 0.29) is 5.95 Å². The average Bonchev–Trinajstić information content (AvgIpc) is 3.90. The molecule has 11 aromatic rings. The molecular weight excluding hydrogens is 683 g/mol. The van der Waals surface area contributed by atoms with Gasteiger partial charge in [0.2, 0.25) is 5.95 Å². The Labute approximate surface area is 343 Å². The van der Waals surface area contributed by atoms with Crippen LogP contribution in [0.15, 0.2) is 200 Å². The molecule has 3 aromatic heterocycles. The lowest BCUT2D eigenvalue weighted by Crippen LogP contribution is -2.07. The maximum atomic E-state index is 9.37. The number of nitrogens with zero attached hydrogens (tertiary/aromatic N) is 5. The molecule has 0 bridgehead atoms. The van der Waals surface area contributed by atoms with Gasteiger partial charge in [-0.2, -0.15) is 9.97 Å². The quantitative estimate of drug-likeness (QED) is 0.171. The molecule has 262 valence electrons. The lowest BCUT2D eigenvalue weighted by Gasteiger charge is -2.14. The summed E-state index contributed by atoms with van der Waals surface area (Å²) in [5, 5.41) is 3.33. The summed E-state index contributed by atoms with van der Waals surface area (Å²) in [6.45, 7) is 0. The van der Waals surface area contributed by atoms with Crippen molar-refractivity contribution in [2.75, 3.05) is 0 Å². The highest BCUT2D eigenvalue weighted by atomic mass is 15.2. The Balaban J connectivity index is 1.28. The maximum absolute atomic E-state index is 9.37. The summed E-state index contributed by atoms with van der Waals surface area (Å²) < 4.78 is 126. The molecule has 0 aliphatic heterocycles. The molecule has 0 atom stereocenters. The summed E-state index contributed by atoms with van der Waals surface area (Å²) >= 11 is 0. The van der Waals surface area contributed by atoms with Gasteiger partial charge in [-0.05, 0) is 46.5 Å². The first kappa shape index (κ1) is 20.7. The smallest absolute Gasteiger partial charge is 0.238 e. The van der Waals surface area contributed by atoms with Gasteiger partial charge in [0.15, 0.2) is 11.6 Å². The molecule has 0 amide bonds. The van der Waals surface area contributed by atoms with Crippen LogP contribution in [-0.2, 0) is 0 Å². The Morgan fingerprint density at radius 1 is 0.357 bits per heavy atom. The monoisotopic (exact) mass is 729 g/mol. The molecule has 0 radical (unpaired) electrons. The van der Waals surface area contributed by atoms with Crippen LogP contribution in [0.5, 0.6) is 0 Å². The topological polar surface area (TPSA) is 48.5 Å². The summed E-state index contributed by atoms with van der Waals surface area (Å²) in [6.07, 6.45) is 0. The van der Waals surface area contributed by atoms with E-state index in [4.69, 9.17) is 23.7 Å². The second kappa shape index (κ2) is 13.0. The van der Waals surface area contributed by atoms with Crippen molar-refractivity contribution in [2.45, 2.75) is 0 Å². The third-order valence-corrected chi connectivity index (χ3v) is 9.83. The molecule has 8 aromatic carbocycles. The first-order chi connectivity index (χ1) is 33.6. The molecule has 0 saturated carbocycles.